The van der Waals surface area contributed by atoms with E-state index in [-0.39, 0.29) is 0 Å². The zero-order chi connectivity index (χ0) is 15.8. The van der Waals surface area contributed by atoms with Crippen molar-refractivity contribution in [2.24, 2.45) is 0 Å². The van der Waals surface area contributed by atoms with Gasteiger partial charge in [0, 0.05) is 5.41 Å². The lowest BCUT2D eigenvalue weighted by atomic mass is 10.2. The number of ketones is 1. The van der Waals surface area contributed by atoms with Gasteiger partial charge in [-0.2, -0.15) is 0 Å². The Hall–Kier alpha value is -2.46. The van der Waals surface area contributed by atoms with Gasteiger partial charge in [-0.25, -0.2) is 8.42 Å². The van der Waals surface area contributed by atoms with Crippen molar-refractivity contribution in [1.82, 2.24) is 0 Å². The maximum atomic E-state index is 11.9. The van der Waals surface area contributed by atoms with Gasteiger partial charge >= 0.3 is 0 Å². The Kier molecular flexibility index (Phi) is 5.44. The summed E-state index contributed by atoms with van der Waals surface area (Å²) in [5, 5.41) is 1.08. The second kappa shape index (κ2) is 7.52. The number of allylic oxidation sites excluding steroid dienone is 1. The molecular formula is C18H16O3S. The van der Waals surface area contributed by atoms with Gasteiger partial charge in [-0.1, -0.05) is 66.7 Å². The van der Waals surface area contributed by atoms with Crippen LogP contribution >= 0.6 is 0 Å². The largest absolute Gasteiger partial charge is 0.294 e. The van der Waals surface area contributed by atoms with E-state index in [2.05, 4.69) is 0 Å². The molecule has 0 heterocycles. The van der Waals surface area contributed by atoms with E-state index < -0.39 is 21.4 Å². The van der Waals surface area contributed by atoms with E-state index in [0.717, 1.165) is 16.5 Å². The SMILES string of the molecule is O=C(C=Cc1ccccc1)CS(=O)(=O)C=Cc1ccccc1. The zero-order valence-corrected chi connectivity index (χ0v) is 12.7. The van der Waals surface area contributed by atoms with E-state index in [1.54, 1.807) is 18.2 Å². The fourth-order valence-corrected chi connectivity index (χ4v) is 2.75. The molecule has 4 heteroatoms. The number of carbonyl (C=O) groups is 1. The van der Waals surface area contributed by atoms with Crippen molar-refractivity contribution in [3.63, 3.8) is 0 Å². The van der Waals surface area contributed by atoms with Gasteiger partial charge in [-0.3, -0.25) is 4.79 Å². The molecule has 22 heavy (non-hydrogen) atoms. The average Bonchev–Trinajstić information content (AvgIpc) is 2.53. The molecule has 0 saturated heterocycles. The minimum Gasteiger partial charge on any atom is -0.294 e. The highest BCUT2D eigenvalue weighted by Gasteiger charge is 2.10. The summed E-state index contributed by atoms with van der Waals surface area (Å²) in [6, 6.07) is 18.3. The van der Waals surface area contributed by atoms with Crippen LogP contribution in [0.25, 0.3) is 12.2 Å². The van der Waals surface area contributed by atoms with Gasteiger partial charge in [0.05, 0.1) is 0 Å². The van der Waals surface area contributed by atoms with Gasteiger partial charge in [0.25, 0.3) is 0 Å². The van der Waals surface area contributed by atoms with Crippen LogP contribution in [0.3, 0.4) is 0 Å². The molecule has 0 N–H and O–H groups in total. The van der Waals surface area contributed by atoms with E-state index >= 15 is 0 Å². The molecule has 0 saturated carbocycles. The predicted octanol–water partition coefficient (Wildman–Crippen LogP) is 3.35. The number of benzene rings is 2. The van der Waals surface area contributed by atoms with Gasteiger partial charge in [0.2, 0.25) is 0 Å². The summed E-state index contributed by atoms with van der Waals surface area (Å²) >= 11 is 0. The highest BCUT2D eigenvalue weighted by atomic mass is 32.2. The third-order valence-electron chi connectivity index (χ3n) is 2.87. The van der Waals surface area contributed by atoms with Gasteiger partial charge in [0.15, 0.2) is 15.6 Å². The summed E-state index contributed by atoms with van der Waals surface area (Å²) in [6.07, 6.45) is 4.39. The first-order chi connectivity index (χ1) is 10.6. The molecule has 2 aromatic rings. The Labute approximate surface area is 130 Å². The average molecular weight is 312 g/mol. The van der Waals surface area contributed by atoms with Crippen LogP contribution in [0.5, 0.6) is 0 Å². The summed E-state index contributed by atoms with van der Waals surface area (Å²) in [5.41, 5.74) is 1.63. The van der Waals surface area contributed by atoms with Gasteiger partial charge < -0.3 is 0 Å². The molecule has 0 atom stereocenters. The topological polar surface area (TPSA) is 51.2 Å². The third-order valence-corrected chi connectivity index (χ3v) is 4.11. The Balaban J connectivity index is 1.98. The number of hydrogen-bond acceptors (Lipinski definition) is 3. The Bertz CT molecular complexity index is 774. The van der Waals surface area contributed by atoms with Crippen LogP contribution in [0, 0.1) is 0 Å². The normalized spacial score (nSPS) is 12.0. The lowest BCUT2D eigenvalue weighted by Gasteiger charge is -1.96. The van der Waals surface area contributed by atoms with Crippen molar-refractivity contribution in [2.75, 3.05) is 5.75 Å². The first-order valence-corrected chi connectivity index (χ1v) is 8.48. The fraction of sp³-hybridized carbons (Fsp3) is 0.0556. The Morgan fingerprint density at radius 1 is 0.818 bits per heavy atom. The van der Waals surface area contributed by atoms with Crippen molar-refractivity contribution in [2.45, 2.75) is 0 Å². The molecule has 0 aliphatic rings. The van der Waals surface area contributed by atoms with Crippen LogP contribution in [-0.2, 0) is 14.6 Å². The second-order valence-corrected chi connectivity index (χ2v) is 6.62. The van der Waals surface area contributed by atoms with Crippen LogP contribution in [0.1, 0.15) is 11.1 Å². The van der Waals surface area contributed by atoms with E-state index in [9.17, 15) is 13.2 Å². The summed E-state index contributed by atoms with van der Waals surface area (Å²) in [6.45, 7) is 0. The van der Waals surface area contributed by atoms with E-state index in [0.29, 0.717) is 0 Å². The standard InChI is InChI=1S/C18H16O3S/c19-18(12-11-16-7-3-1-4-8-16)15-22(20,21)14-13-17-9-5-2-6-10-17/h1-14H,15H2. The number of rotatable bonds is 6. The Morgan fingerprint density at radius 2 is 1.32 bits per heavy atom. The first-order valence-electron chi connectivity index (χ1n) is 6.77. The molecule has 0 spiro atoms. The van der Waals surface area contributed by atoms with Gasteiger partial charge in [-0.15, -0.1) is 0 Å². The predicted molar refractivity (Wildman–Crippen MR) is 89.7 cm³/mol. The van der Waals surface area contributed by atoms with Crippen molar-refractivity contribution in [3.05, 3.63) is 83.3 Å². The van der Waals surface area contributed by atoms with Crippen molar-refractivity contribution < 1.29 is 13.2 Å². The molecule has 112 valence electrons. The maximum Gasteiger partial charge on any atom is 0.179 e. The van der Waals surface area contributed by atoms with Crippen molar-refractivity contribution in [1.29, 1.82) is 0 Å². The molecule has 3 nitrogen and oxygen atoms in total. The monoisotopic (exact) mass is 312 g/mol. The summed E-state index contributed by atoms with van der Waals surface area (Å²) < 4.78 is 23.8. The number of hydrogen-bond donors (Lipinski definition) is 0. The molecule has 0 aromatic heterocycles. The zero-order valence-electron chi connectivity index (χ0n) is 11.9. The second-order valence-electron chi connectivity index (χ2n) is 4.73. The molecule has 0 fully saturated rings. The molecular weight excluding hydrogens is 296 g/mol. The molecule has 0 aliphatic carbocycles. The molecule has 0 radical (unpaired) electrons. The lowest BCUT2D eigenvalue weighted by Crippen LogP contribution is -2.11. The van der Waals surface area contributed by atoms with Crippen LogP contribution in [-0.4, -0.2) is 20.0 Å². The highest BCUT2D eigenvalue weighted by Crippen LogP contribution is 2.05. The summed E-state index contributed by atoms with van der Waals surface area (Å²) in [7, 11) is -3.56. The van der Waals surface area contributed by atoms with E-state index in [1.807, 2.05) is 48.5 Å². The minimum absolute atomic E-state index is 0.443. The number of carbonyl (C=O) groups excluding carboxylic acids is 1. The fourth-order valence-electron chi connectivity index (χ4n) is 1.79. The van der Waals surface area contributed by atoms with Gasteiger partial charge in [-0.05, 0) is 23.3 Å². The lowest BCUT2D eigenvalue weighted by molar-refractivity contribution is -0.112. The first kappa shape index (κ1) is 15.9. The minimum atomic E-state index is -3.56. The van der Waals surface area contributed by atoms with Crippen LogP contribution in [0.4, 0.5) is 0 Å². The van der Waals surface area contributed by atoms with Crippen LogP contribution in [0.2, 0.25) is 0 Å². The molecule has 2 aromatic carbocycles. The Morgan fingerprint density at radius 3 is 1.86 bits per heavy atom. The van der Waals surface area contributed by atoms with Gasteiger partial charge in [0.1, 0.15) is 5.75 Å². The molecule has 0 bridgehead atoms. The van der Waals surface area contributed by atoms with Crippen LogP contribution in [0.15, 0.2) is 72.1 Å². The van der Waals surface area contributed by atoms with Crippen molar-refractivity contribution in [3.8, 4) is 0 Å². The summed E-state index contributed by atoms with van der Waals surface area (Å²) in [4.78, 5) is 11.7. The van der Waals surface area contributed by atoms with E-state index in [4.69, 9.17) is 0 Å². The van der Waals surface area contributed by atoms with Crippen LogP contribution < -0.4 is 0 Å². The molecule has 0 unspecified atom stereocenters. The summed E-state index contributed by atoms with van der Waals surface area (Å²) in [5.74, 6) is -0.971. The number of sulfone groups is 1. The quantitative estimate of drug-likeness (QED) is 0.769. The third kappa shape index (κ3) is 5.50. The molecule has 0 aliphatic heterocycles. The van der Waals surface area contributed by atoms with Crippen molar-refractivity contribution >= 4 is 27.8 Å². The van der Waals surface area contributed by atoms with E-state index in [1.165, 1.54) is 12.2 Å². The maximum absolute atomic E-state index is 11.9. The smallest absolute Gasteiger partial charge is 0.179 e. The highest BCUT2D eigenvalue weighted by molar-refractivity contribution is 7.95. The molecule has 2 rings (SSSR count). The molecule has 0 amide bonds.